The van der Waals surface area contributed by atoms with Crippen LogP contribution < -0.4 is 5.63 Å². The topological polar surface area (TPSA) is 87.8 Å². The van der Waals surface area contributed by atoms with Crippen LogP contribution in [0.15, 0.2) is 51.7 Å². The highest BCUT2D eigenvalue weighted by molar-refractivity contribution is 6.21. The Bertz CT molecular complexity index is 1080. The van der Waals surface area contributed by atoms with Crippen molar-refractivity contribution in [1.29, 1.82) is 0 Å². The van der Waals surface area contributed by atoms with E-state index in [1.54, 1.807) is 37.3 Å². The number of carbonyl (C=O) groups excluding carboxylic acids is 2. The third kappa shape index (κ3) is 2.22. The SMILES string of the molecule is Cc1c(O)ccc2c(CN3C(=O)c4ccccc4C3=O)cc(=O)oc12. The maximum atomic E-state index is 12.5. The number of hydrogen-bond acceptors (Lipinski definition) is 5. The molecule has 1 aromatic heterocycles. The number of rotatable bonds is 2. The monoisotopic (exact) mass is 335 g/mol. The van der Waals surface area contributed by atoms with Crippen molar-refractivity contribution in [3.8, 4) is 5.75 Å². The molecule has 2 amide bonds. The van der Waals surface area contributed by atoms with Gasteiger partial charge in [0.25, 0.3) is 11.8 Å². The van der Waals surface area contributed by atoms with Crippen molar-refractivity contribution in [2.45, 2.75) is 13.5 Å². The number of imide groups is 1. The van der Waals surface area contributed by atoms with Crippen LogP contribution in [0.2, 0.25) is 0 Å². The summed E-state index contributed by atoms with van der Waals surface area (Å²) in [6.07, 6.45) is 0. The molecule has 0 atom stereocenters. The molecule has 2 heterocycles. The average Bonchev–Trinajstić information content (AvgIpc) is 2.84. The molecular formula is C19H13NO5. The van der Waals surface area contributed by atoms with E-state index < -0.39 is 17.4 Å². The zero-order valence-electron chi connectivity index (χ0n) is 13.3. The molecule has 4 rings (SSSR count). The molecule has 3 aromatic rings. The van der Waals surface area contributed by atoms with Crippen molar-refractivity contribution in [1.82, 2.24) is 4.90 Å². The summed E-state index contributed by atoms with van der Waals surface area (Å²) in [5.74, 6) is -0.775. The molecule has 25 heavy (non-hydrogen) atoms. The third-order valence-electron chi connectivity index (χ3n) is 4.42. The standard InChI is InChI=1S/C19H13NO5/c1-10-15(21)7-6-12-11(8-16(22)25-17(10)12)9-20-18(23)13-4-2-3-5-14(13)19(20)24/h2-8,21H,9H2,1H3. The molecule has 0 fully saturated rings. The number of carbonyl (C=O) groups is 2. The molecule has 1 N–H and O–H groups in total. The number of phenolic OH excluding ortho intramolecular Hbond substituents is 1. The molecular weight excluding hydrogens is 322 g/mol. The molecule has 1 aliphatic heterocycles. The molecule has 0 radical (unpaired) electrons. The summed E-state index contributed by atoms with van der Waals surface area (Å²) in [7, 11) is 0. The predicted octanol–water partition coefficient (Wildman–Crippen LogP) is 2.60. The van der Waals surface area contributed by atoms with E-state index in [-0.39, 0.29) is 17.9 Å². The molecule has 2 aromatic carbocycles. The highest BCUT2D eigenvalue weighted by Crippen LogP contribution is 2.30. The number of phenols is 1. The van der Waals surface area contributed by atoms with Crippen LogP contribution in [0.3, 0.4) is 0 Å². The Kier molecular flexibility index (Phi) is 3.21. The van der Waals surface area contributed by atoms with Crippen LogP contribution >= 0.6 is 0 Å². The van der Waals surface area contributed by atoms with Crippen LogP contribution in [0.5, 0.6) is 5.75 Å². The summed E-state index contributed by atoms with van der Waals surface area (Å²) >= 11 is 0. The van der Waals surface area contributed by atoms with E-state index in [4.69, 9.17) is 4.42 Å². The lowest BCUT2D eigenvalue weighted by atomic mass is 10.1. The van der Waals surface area contributed by atoms with Crippen molar-refractivity contribution >= 4 is 22.8 Å². The second-order valence-electron chi connectivity index (χ2n) is 5.92. The number of aromatic hydroxyl groups is 1. The van der Waals surface area contributed by atoms with Gasteiger partial charge in [-0.1, -0.05) is 12.1 Å². The summed E-state index contributed by atoms with van der Waals surface area (Å²) in [6.45, 7) is 1.59. The fraction of sp³-hybridized carbons (Fsp3) is 0.105. The first-order valence-electron chi connectivity index (χ1n) is 7.68. The summed E-state index contributed by atoms with van der Waals surface area (Å²) in [4.78, 5) is 38.0. The van der Waals surface area contributed by atoms with Gasteiger partial charge in [-0.15, -0.1) is 0 Å². The van der Waals surface area contributed by atoms with E-state index in [1.165, 1.54) is 12.1 Å². The number of benzene rings is 2. The lowest BCUT2D eigenvalue weighted by molar-refractivity contribution is 0.0642. The molecule has 1 aliphatic rings. The van der Waals surface area contributed by atoms with Crippen LogP contribution in [0.25, 0.3) is 11.0 Å². The van der Waals surface area contributed by atoms with Gasteiger partial charge < -0.3 is 9.52 Å². The van der Waals surface area contributed by atoms with Gasteiger partial charge in [0, 0.05) is 17.0 Å². The Morgan fingerprint density at radius 2 is 1.64 bits per heavy atom. The molecule has 6 nitrogen and oxygen atoms in total. The van der Waals surface area contributed by atoms with Gasteiger partial charge in [0.1, 0.15) is 11.3 Å². The molecule has 0 unspecified atom stereocenters. The summed E-state index contributed by atoms with van der Waals surface area (Å²) in [6, 6.07) is 11.0. The summed E-state index contributed by atoms with van der Waals surface area (Å²) < 4.78 is 5.19. The van der Waals surface area contributed by atoms with Crippen molar-refractivity contribution in [2.75, 3.05) is 0 Å². The van der Waals surface area contributed by atoms with Gasteiger partial charge in [-0.25, -0.2) is 4.79 Å². The van der Waals surface area contributed by atoms with Gasteiger partial charge in [0.2, 0.25) is 0 Å². The Balaban J connectivity index is 1.83. The second kappa shape index (κ2) is 5.31. The van der Waals surface area contributed by atoms with Crippen LogP contribution in [0, 0.1) is 6.92 Å². The molecule has 6 heteroatoms. The minimum absolute atomic E-state index is 0.00790. The maximum absolute atomic E-state index is 12.5. The normalized spacial score (nSPS) is 13.6. The molecule has 124 valence electrons. The Morgan fingerprint density at radius 1 is 1.00 bits per heavy atom. The first kappa shape index (κ1) is 15.1. The predicted molar refractivity (Wildman–Crippen MR) is 89.5 cm³/mol. The highest BCUT2D eigenvalue weighted by atomic mass is 16.4. The minimum atomic E-state index is -0.604. The van der Waals surface area contributed by atoms with Gasteiger partial charge in [0.15, 0.2) is 0 Å². The zero-order chi connectivity index (χ0) is 17.7. The van der Waals surface area contributed by atoms with E-state index >= 15 is 0 Å². The van der Waals surface area contributed by atoms with E-state index in [9.17, 15) is 19.5 Å². The first-order valence-corrected chi connectivity index (χ1v) is 7.68. The quantitative estimate of drug-likeness (QED) is 0.574. The lowest BCUT2D eigenvalue weighted by Gasteiger charge is -2.15. The van der Waals surface area contributed by atoms with Gasteiger partial charge in [-0.2, -0.15) is 0 Å². The third-order valence-corrected chi connectivity index (χ3v) is 4.42. The first-order chi connectivity index (χ1) is 12.0. The van der Waals surface area contributed by atoms with Gasteiger partial charge in [0.05, 0.1) is 17.7 Å². The van der Waals surface area contributed by atoms with Crippen molar-refractivity contribution in [3.05, 3.63) is 75.1 Å². The number of aryl methyl sites for hydroxylation is 1. The van der Waals surface area contributed by atoms with E-state index in [0.29, 0.717) is 27.6 Å². The molecule has 0 saturated carbocycles. The van der Waals surface area contributed by atoms with Crippen LogP contribution in [-0.2, 0) is 6.54 Å². The van der Waals surface area contributed by atoms with Crippen LogP contribution in [0.1, 0.15) is 31.8 Å². The minimum Gasteiger partial charge on any atom is -0.508 e. The Hall–Kier alpha value is -3.41. The van der Waals surface area contributed by atoms with E-state index in [1.807, 2.05) is 0 Å². The fourth-order valence-electron chi connectivity index (χ4n) is 3.10. The summed E-state index contributed by atoms with van der Waals surface area (Å²) in [5.41, 5.74) is 1.27. The van der Waals surface area contributed by atoms with Gasteiger partial charge in [-0.05, 0) is 36.8 Å². The smallest absolute Gasteiger partial charge is 0.336 e. The summed E-state index contributed by atoms with van der Waals surface area (Å²) in [5, 5.41) is 10.4. The van der Waals surface area contributed by atoms with Crippen LogP contribution in [-0.4, -0.2) is 21.8 Å². The zero-order valence-corrected chi connectivity index (χ0v) is 13.3. The average molecular weight is 335 g/mol. The van der Waals surface area contributed by atoms with Crippen molar-refractivity contribution in [2.24, 2.45) is 0 Å². The van der Waals surface area contributed by atoms with Gasteiger partial charge in [-0.3, -0.25) is 14.5 Å². The van der Waals surface area contributed by atoms with E-state index in [0.717, 1.165) is 4.90 Å². The maximum Gasteiger partial charge on any atom is 0.336 e. The van der Waals surface area contributed by atoms with E-state index in [2.05, 4.69) is 0 Å². The Morgan fingerprint density at radius 3 is 2.28 bits per heavy atom. The molecule has 0 saturated heterocycles. The fourth-order valence-corrected chi connectivity index (χ4v) is 3.10. The lowest BCUT2D eigenvalue weighted by Crippen LogP contribution is -2.29. The molecule has 0 spiro atoms. The highest BCUT2D eigenvalue weighted by Gasteiger charge is 2.35. The Labute approximate surface area is 141 Å². The van der Waals surface area contributed by atoms with Crippen molar-refractivity contribution < 1.29 is 19.1 Å². The number of amides is 2. The second-order valence-corrected chi connectivity index (χ2v) is 5.92. The number of nitrogens with zero attached hydrogens (tertiary/aromatic N) is 1. The number of hydrogen-bond donors (Lipinski definition) is 1. The largest absolute Gasteiger partial charge is 0.508 e. The number of fused-ring (bicyclic) bond motifs is 2. The molecule has 0 bridgehead atoms. The van der Waals surface area contributed by atoms with Gasteiger partial charge >= 0.3 is 5.63 Å². The van der Waals surface area contributed by atoms with Crippen LogP contribution in [0.4, 0.5) is 0 Å². The molecule has 0 aliphatic carbocycles. The van der Waals surface area contributed by atoms with Crippen molar-refractivity contribution in [3.63, 3.8) is 0 Å².